The Hall–Kier alpha value is -2.92. The van der Waals surface area contributed by atoms with Gasteiger partial charge in [0.2, 0.25) is 11.8 Å². The molecular formula is C19H19FN4O4S2. The van der Waals surface area contributed by atoms with Gasteiger partial charge in [0.05, 0.1) is 23.8 Å². The number of amides is 2. The van der Waals surface area contributed by atoms with Gasteiger partial charge in [0, 0.05) is 17.0 Å². The van der Waals surface area contributed by atoms with E-state index in [-0.39, 0.29) is 23.3 Å². The van der Waals surface area contributed by atoms with E-state index in [9.17, 15) is 14.0 Å². The lowest BCUT2D eigenvalue weighted by Gasteiger charge is -2.09. The molecule has 0 saturated carbocycles. The van der Waals surface area contributed by atoms with Gasteiger partial charge in [-0.3, -0.25) is 9.59 Å². The SMILES string of the molecule is COc1ccc(-c2csc(NC(=O)CSC(C)C(=O)Nc3cc(C)on3)n2)cc1F. The molecule has 0 bridgehead atoms. The first-order valence-corrected chi connectivity index (χ1v) is 10.7. The van der Waals surface area contributed by atoms with Crippen LogP contribution in [0.4, 0.5) is 15.3 Å². The van der Waals surface area contributed by atoms with E-state index in [1.165, 1.54) is 42.3 Å². The zero-order valence-electron chi connectivity index (χ0n) is 16.4. The lowest BCUT2D eigenvalue weighted by atomic mass is 10.1. The van der Waals surface area contributed by atoms with Gasteiger partial charge >= 0.3 is 0 Å². The molecule has 0 saturated heterocycles. The van der Waals surface area contributed by atoms with E-state index in [2.05, 4.69) is 20.8 Å². The predicted octanol–water partition coefficient (Wildman–Crippen LogP) is 3.95. The minimum atomic E-state index is -0.488. The minimum Gasteiger partial charge on any atom is -0.494 e. The summed E-state index contributed by atoms with van der Waals surface area (Å²) in [5.74, 6) is 0.0792. The average molecular weight is 451 g/mol. The van der Waals surface area contributed by atoms with Crippen LogP contribution < -0.4 is 15.4 Å². The molecule has 2 heterocycles. The topological polar surface area (TPSA) is 106 Å². The fourth-order valence-electron chi connectivity index (χ4n) is 2.37. The van der Waals surface area contributed by atoms with Gasteiger partial charge in [-0.2, -0.15) is 0 Å². The minimum absolute atomic E-state index is 0.0680. The lowest BCUT2D eigenvalue weighted by Crippen LogP contribution is -2.25. The maximum Gasteiger partial charge on any atom is 0.238 e. The van der Waals surface area contributed by atoms with Crippen molar-refractivity contribution in [1.29, 1.82) is 0 Å². The van der Waals surface area contributed by atoms with Gasteiger partial charge in [-0.1, -0.05) is 5.16 Å². The third kappa shape index (κ3) is 5.57. The summed E-state index contributed by atoms with van der Waals surface area (Å²) in [7, 11) is 1.40. The van der Waals surface area contributed by atoms with E-state index >= 15 is 0 Å². The molecule has 1 unspecified atom stereocenters. The van der Waals surface area contributed by atoms with Crippen LogP contribution in [0.1, 0.15) is 12.7 Å². The monoisotopic (exact) mass is 450 g/mol. The molecule has 1 aromatic carbocycles. The molecule has 158 valence electrons. The normalized spacial score (nSPS) is 11.7. The average Bonchev–Trinajstić information content (AvgIpc) is 3.34. The maximum atomic E-state index is 13.9. The maximum absolute atomic E-state index is 13.9. The third-order valence-electron chi connectivity index (χ3n) is 3.91. The van der Waals surface area contributed by atoms with Gasteiger partial charge in [-0.15, -0.1) is 23.1 Å². The molecule has 11 heteroatoms. The molecule has 8 nitrogen and oxygen atoms in total. The molecule has 0 aliphatic rings. The first-order valence-electron chi connectivity index (χ1n) is 8.80. The summed E-state index contributed by atoms with van der Waals surface area (Å²) >= 11 is 2.41. The molecule has 1 atom stereocenters. The quantitative estimate of drug-likeness (QED) is 0.535. The van der Waals surface area contributed by atoms with Gasteiger partial charge < -0.3 is 19.9 Å². The highest BCUT2D eigenvalue weighted by molar-refractivity contribution is 8.01. The summed E-state index contributed by atoms with van der Waals surface area (Å²) in [4.78, 5) is 28.6. The number of rotatable bonds is 8. The number of carbonyl (C=O) groups excluding carboxylic acids is 2. The Morgan fingerprint density at radius 3 is 2.80 bits per heavy atom. The highest BCUT2D eigenvalue weighted by Crippen LogP contribution is 2.28. The van der Waals surface area contributed by atoms with Gasteiger partial charge in [0.15, 0.2) is 22.5 Å². The van der Waals surface area contributed by atoms with Crippen LogP contribution >= 0.6 is 23.1 Å². The van der Waals surface area contributed by atoms with Gasteiger partial charge in [-0.25, -0.2) is 9.37 Å². The van der Waals surface area contributed by atoms with E-state index in [1.807, 2.05) is 0 Å². The summed E-state index contributed by atoms with van der Waals surface area (Å²) in [6.07, 6.45) is 0. The zero-order chi connectivity index (χ0) is 21.7. The highest BCUT2D eigenvalue weighted by Gasteiger charge is 2.17. The number of anilines is 2. The summed E-state index contributed by atoms with van der Waals surface area (Å²) < 4.78 is 23.7. The molecule has 0 radical (unpaired) electrons. The fraction of sp³-hybridized carbons (Fsp3) is 0.263. The first kappa shape index (κ1) is 21.8. The summed E-state index contributed by atoms with van der Waals surface area (Å²) in [5.41, 5.74) is 1.12. The number of nitrogens with one attached hydrogen (secondary N) is 2. The Morgan fingerprint density at radius 1 is 1.33 bits per heavy atom. The molecule has 3 aromatic rings. The Bertz CT molecular complexity index is 1050. The molecule has 3 rings (SSSR count). The van der Waals surface area contributed by atoms with Crippen LogP contribution in [0.2, 0.25) is 0 Å². The first-order chi connectivity index (χ1) is 14.4. The highest BCUT2D eigenvalue weighted by atomic mass is 32.2. The smallest absolute Gasteiger partial charge is 0.238 e. The van der Waals surface area contributed by atoms with Crippen molar-refractivity contribution in [2.24, 2.45) is 0 Å². The van der Waals surface area contributed by atoms with Crippen molar-refractivity contribution < 1.29 is 23.2 Å². The Balaban J connectivity index is 1.50. The van der Waals surface area contributed by atoms with Crippen LogP contribution in [0, 0.1) is 12.7 Å². The van der Waals surface area contributed by atoms with Gasteiger partial charge in [-0.05, 0) is 32.0 Å². The number of thiazole rings is 1. The molecule has 0 aliphatic heterocycles. The molecule has 0 aliphatic carbocycles. The van der Waals surface area contributed by atoms with Crippen LogP contribution in [0.5, 0.6) is 5.75 Å². The van der Waals surface area contributed by atoms with Crippen molar-refractivity contribution in [1.82, 2.24) is 10.1 Å². The zero-order valence-corrected chi connectivity index (χ0v) is 18.0. The number of hydrogen-bond acceptors (Lipinski definition) is 8. The molecule has 0 spiro atoms. The van der Waals surface area contributed by atoms with E-state index < -0.39 is 11.1 Å². The fourth-order valence-corrected chi connectivity index (χ4v) is 3.79. The van der Waals surface area contributed by atoms with E-state index in [0.29, 0.717) is 28.0 Å². The summed E-state index contributed by atoms with van der Waals surface area (Å²) in [5, 5.41) is 10.7. The van der Waals surface area contributed by atoms with Crippen molar-refractivity contribution in [3.63, 3.8) is 0 Å². The van der Waals surface area contributed by atoms with Crippen LogP contribution in [-0.2, 0) is 9.59 Å². The second kappa shape index (κ2) is 9.72. The molecule has 2 N–H and O–H groups in total. The number of ether oxygens (including phenoxy) is 1. The Kier molecular flexibility index (Phi) is 7.06. The molecular weight excluding hydrogens is 431 g/mol. The number of benzene rings is 1. The largest absolute Gasteiger partial charge is 0.494 e. The standard InChI is InChI=1S/C19H19FN4O4S2/c1-10-6-16(24-28-10)22-18(26)11(2)29-9-17(25)23-19-21-14(8-30-19)12-4-5-15(27-3)13(20)7-12/h4-8,11H,9H2,1-3H3,(H,21,23,25)(H,22,24,26). The molecule has 2 aromatic heterocycles. The van der Waals surface area contributed by atoms with Crippen molar-refractivity contribution in [2.75, 3.05) is 23.5 Å². The van der Waals surface area contributed by atoms with Crippen molar-refractivity contribution in [2.45, 2.75) is 19.1 Å². The lowest BCUT2D eigenvalue weighted by molar-refractivity contribution is -0.115. The van der Waals surface area contributed by atoms with Crippen molar-refractivity contribution in [3.05, 3.63) is 41.2 Å². The van der Waals surface area contributed by atoms with Gasteiger partial charge in [0.1, 0.15) is 5.76 Å². The Labute approximate surface area is 180 Å². The number of aromatic nitrogens is 2. The number of carbonyl (C=O) groups is 2. The van der Waals surface area contributed by atoms with Crippen molar-refractivity contribution >= 4 is 45.9 Å². The Morgan fingerprint density at radius 2 is 2.13 bits per heavy atom. The number of thioether (sulfide) groups is 1. The van der Waals surface area contributed by atoms with E-state index in [0.717, 1.165) is 0 Å². The van der Waals surface area contributed by atoms with Crippen LogP contribution in [0.15, 0.2) is 34.2 Å². The molecule has 2 amide bonds. The van der Waals surface area contributed by atoms with Gasteiger partial charge in [0.25, 0.3) is 0 Å². The van der Waals surface area contributed by atoms with Crippen LogP contribution in [0.3, 0.4) is 0 Å². The van der Waals surface area contributed by atoms with E-state index in [1.54, 1.807) is 31.4 Å². The predicted molar refractivity (Wildman–Crippen MR) is 114 cm³/mol. The van der Waals surface area contributed by atoms with E-state index in [4.69, 9.17) is 9.26 Å². The number of methoxy groups -OCH3 is 1. The number of nitrogens with zero attached hydrogens (tertiary/aromatic N) is 2. The van der Waals surface area contributed by atoms with Crippen molar-refractivity contribution in [3.8, 4) is 17.0 Å². The number of hydrogen-bond donors (Lipinski definition) is 2. The number of halogens is 1. The summed E-state index contributed by atoms with van der Waals surface area (Å²) in [6.45, 7) is 3.42. The van der Waals surface area contributed by atoms with Crippen LogP contribution in [-0.4, -0.2) is 40.1 Å². The second-order valence-electron chi connectivity index (χ2n) is 6.20. The number of aryl methyl sites for hydroxylation is 1. The second-order valence-corrected chi connectivity index (χ2v) is 8.39. The third-order valence-corrected chi connectivity index (χ3v) is 5.81. The molecule has 0 fully saturated rings. The van der Waals surface area contributed by atoms with Crippen LogP contribution in [0.25, 0.3) is 11.3 Å². The summed E-state index contributed by atoms with van der Waals surface area (Å²) in [6, 6.07) is 6.14. The molecule has 30 heavy (non-hydrogen) atoms.